The van der Waals surface area contributed by atoms with E-state index in [0.29, 0.717) is 12.1 Å². The summed E-state index contributed by atoms with van der Waals surface area (Å²) in [5.41, 5.74) is 0. The highest BCUT2D eigenvalue weighted by atomic mass is 16.2. The highest BCUT2D eigenvalue weighted by Gasteiger charge is 2.42. The Kier molecular flexibility index (Phi) is 1.31. The summed E-state index contributed by atoms with van der Waals surface area (Å²) < 4.78 is 0. The molecule has 2 unspecified atom stereocenters. The molecule has 1 saturated heterocycles. The monoisotopic (exact) mass is 125 g/mol. The van der Waals surface area contributed by atoms with Crippen LogP contribution in [-0.2, 0) is 4.79 Å². The van der Waals surface area contributed by atoms with E-state index in [4.69, 9.17) is 0 Å². The van der Waals surface area contributed by atoms with E-state index in [2.05, 4.69) is 6.58 Å². The lowest BCUT2D eigenvalue weighted by molar-refractivity contribution is -0.121. The number of amides is 1. The average Bonchev–Trinajstić information content (AvgIpc) is 2.40. The highest BCUT2D eigenvalue weighted by molar-refractivity contribution is 5.89. The molecule has 2 heteroatoms. The molecule has 1 rings (SSSR count). The quantitative estimate of drug-likeness (QED) is 0.375. The van der Waals surface area contributed by atoms with Gasteiger partial charge in [0.1, 0.15) is 0 Å². The molecule has 0 aromatic heterocycles. The second kappa shape index (κ2) is 1.87. The van der Waals surface area contributed by atoms with E-state index in [9.17, 15) is 4.79 Å². The van der Waals surface area contributed by atoms with Crippen molar-refractivity contribution in [2.45, 2.75) is 25.9 Å². The van der Waals surface area contributed by atoms with Crippen molar-refractivity contribution in [3.05, 3.63) is 12.7 Å². The molecule has 9 heavy (non-hydrogen) atoms. The largest absolute Gasteiger partial charge is 0.330 e. The van der Waals surface area contributed by atoms with Crippen LogP contribution in [0.3, 0.4) is 0 Å². The standard InChI is InChI=1S/C7H11NO/c1-4-7(9)8-5(2)6(8)3/h4-6H,1H2,2-3H3. The van der Waals surface area contributed by atoms with Crippen LogP contribution in [-0.4, -0.2) is 22.9 Å². The normalized spacial score (nSPS) is 32.0. The van der Waals surface area contributed by atoms with Gasteiger partial charge in [0.25, 0.3) is 0 Å². The second-order valence-corrected chi connectivity index (χ2v) is 2.43. The van der Waals surface area contributed by atoms with Gasteiger partial charge >= 0.3 is 0 Å². The smallest absolute Gasteiger partial charge is 0.246 e. The minimum atomic E-state index is 0.0509. The van der Waals surface area contributed by atoms with Crippen LogP contribution in [0.25, 0.3) is 0 Å². The van der Waals surface area contributed by atoms with Crippen LogP contribution in [0.4, 0.5) is 0 Å². The molecule has 1 aliphatic rings. The van der Waals surface area contributed by atoms with Gasteiger partial charge in [-0.25, -0.2) is 0 Å². The van der Waals surface area contributed by atoms with Crippen molar-refractivity contribution < 1.29 is 4.79 Å². The summed E-state index contributed by atoms with van der Waals surface area (Å²) in [6.07, 6.45) is 1.36. The molecule has 2 atom stereocenters. The maximum absolute atomic E-state index is 10.8. The number of carbonyl (C=O) groups is 1. The first kappa shape index (κ1) is 6.33. The predicted molar refractivity (Wildman–Crippen MR) is 36.0 cm³/mol. The SMILES string of the molecule is C=CC(=O)N1C(C)C1C. The molecule has 0 saturated carbocycles. The average molecular weight is 125 g/mol. The summed E-state index contributed by atoms with van der Waals surface area (Å²) in [6.45, 7) is 7.47. The maximum atomic E-state index is 10.8. The summed E-state index contributed by atoms with van der Waals surface area (Å²) in [5, 5.41) is 0. The van der Waals surface area contributed by atoms with Gasteiger partial charge in [-0.1, -0.05) is 6.58 Å². The Morgan fingerprint density at radius 1 is 1.56 bits per heavy atom. The number of rotatable bonds is 1. The molecule has 0 aromatic carbocycles. The van der Waals surface area contributed by atoms with Gasteiger partial charge in [-0.15, -0.1) is 0 Å². The number of hydrogen-bond donors (Lipinski definition) is 0. The topological polar surface area (TPSA) is 20.1 Å². The fourth-order valence-corrected chi connectivity index (χ4v) is 1.01. The zero-order valence-electron chi connectivity index (χ0n) is 5.79. The minimum Gasteiger partial charge on any atom is -0.330 e. The Balaban J connectivity index is 2.49. The predicted octanol–water partition coefficient (Wildman–Crippen LogP) is 0.792. The van der Waals surface area contributed by atoms with Crippen LogP contribution >= 0.6 is 0 Å². The molecule has 1 fully saturated rings. The van der Waals surface area contributed by atoms with E-state index in [-0.39, 0.29) is 5.91 Å². The summed E-state index contributed by atoms with van der Waals surface area (Å²) >= 11 is 0. The van der Waals surface area contributed by atoms with E-state index in [1.54, 1.807) is 4.90 Å². The molecule has 0 aliphatic carbocycles. The molecule has 0 bridgehead atoms. The number of carbonyl (C=O) groups excluding carboxylic acids is 1. The Labute approximate surface area is 55.2 Å². The molecule has 2 nitrogen and oxygen atoms in total. The first-order valence-corrected chi connectivity index (χ1v) is 3.13. The molecule has 1 amide bonds. The zero-order valence-corrected chi connectivity index (χ0v) is 5.79. The van der Waals surface area contributed by atoms with Crippen molar-refractivity contribution in [3.63, 3.8) is 0 Å². The van der Waals surface area contributed by atoms with Crippen molar-refractivity contribution in [1.29, 1.82) is 0 Å². The van der Waals surface area contributed by atoms with E-state index < -0.39 is 0 Å². The summed E-state index contributed by atoms with van der Waals surface area (Å²) in [5.74, 6) is 0.0509. The second-order valence-electron chi connectivity index (χ2n) is 2.43. The Hall–Kier alpha value is -0.790. The van der Waals surface area contributed by atoms with E-state index in [0.717, 1.165) is 0 Å². The number of hydrogen-bond acceptors (Lipinski definition) is 1. The van der Waals surface area contributed by atoms with Crippen LogP contribution in [0.1, 0.15) is 13.8 Å². The Morgan fingerprint density at radius 3 is 2.11 bits per heavy atom. The van der Waals surface area contributed by atoms with Gasteiger partial charge in [0.05, 0.1) is 0 Å². The van der Waals surface area contributed by atoms with Crippen LogP contribution in [0.5, 0.6) is 0 Å². The van der Waals surface area contributed by atoms with Gasteiger partial charge in [-0.05, 0) is 19.9 Å². The third-order valence-corrected chi connectivity index (χ3v) is 1.92. The number of nitrogens with zero attached hydrogens (tertiary/aromatic N) is 1. The zero-order chi connectivity index (χ0) is 7.02. The van der Waals surface area contributed by atoms with Crippen molar-refractivity contribution in [2.75, 3.05) is 0 Å². The molecular weight excluding hydrogens is 114 g/mol. The van der Waals surface area contributed by atoms with Gasteiger partial charge in [-0.3, -0.25) is 4.79 Å². The lowest BCUT2D eigenvalue weighted by Gasteiger charge is -1.93. The Bertz CT molecular complexity index is 145. The lowest BCUT2D eigenvalue weighted by Crippen LogP contribution is -2.09. The van der Waals surface area contributed by atoms with Crippen molar-refractivity contribution in [1.82, 2.24) is 4.90 Å². The lowest BCUT2D eigenvalue weighted by atomic mass is 10.4. The van der Waals surface area contributed by atoms with E-state index in [1.807, 2.05) is 13.8 Å². The first-order valence-electron chi connectivity index (χ1n) is 3.13. The molecule has 0 radical (unpaired) electrons. The van der Waals surface area contributed by atoms with Crippen LogP contribution in [0.15, 0.2) is 12.7 Å². The molecule has 0 spiro atoms. The van der Waals surface area contributed by atoms with Crippen molar-refractivity contribution in [2.24, 2.45) is 0 Å². The minimum absolute atomic E-state index is 0.0509. The van der Waals surface area contributed by atoms with E-state index >= 15 is 0 Å². The van der Waals surface area contributed by atoms with Gasteiger partial charge in [0, 0.05) is 12.1 Å². The third kappa shape index (κ3) is 0.846. The molecular formula is C7H11NO. The third-order valence-electron chi connectivity index (χ3n) is 1.92. The van der Waals surface area contributed by atoms with Gasteiger partial charge in [0.2, 0.25) is 5.91 Å². The summed E-state index contributed by atoms with van der Waals surface area (Å²) in [6, 6.07) is 0.853. The van der Waals surface area contributed by atoms with Crippen LogP contribution < -0.4 is 0 Å². The van der Waals surface area contributed by atoms with Crippen LogP contribution in [0.2, 0.25) is 0 Å². The van der Waals surface area contributed by atoms with Crippen molar-refractivity contribution in [3.8, 4) is 0 Å². The van der Waals surface area contributed by atoms with Crippen molar-refractivity contribution >= 4 is 5.91 Å². The fourth-order valence-electron chi connectivity index (χ4n) is 1.01. The van der Waals surface area contributed by atoms with Gasteiger partial charge < -0.3 is 4.90 Å². The molecule has 0 aromatic rings. The first-order chi connectivity index (χ1) is 4.18. The summed E-state index contributed by atoms with van der Waals surface area (Å²) in [4.78, 5) is 12.6. The maximum Gasteiger partial charge on any atom is 0.246 e. The highest BCUT2D eigenvalue weighted by Crippen LogP contribution is 2.26. The Morgan fingerprint density at radius 2 is 2.00 bits per heavy atom. The summed E-state index contributed by atoms with van der Waals surface area (Å²) in [7, 11) is 0. The fraction of sp³-hybridized carbons (Fsp3) is 0.571. The van der Waals surface area contributed by atoms with Gasteiger partial charge in [-0.2, -0.15) is 0 Å². The van der Waals surface area contributed by atoms with E-state index in [1.165, 1.54) is 6.08 Å². The molecule has 1 aliphatic heterocycles. The van der Waals surface area contributed by atoms with Gasteiger partial charge in [0.15, 0.2) is 0 Å². The molecule has 1 heterocycles. The molecule has 50 valence electrons. The van der Waals surface area contributed by atoms with Crippen LogP contribution in [0, 0.1) is 0 Å². The molecule has 0 N–H and O–H groups in total.